The number of rotatable bonds is 2. The van der Waals surface area contributed by atoms with Crippen LogP contribution in [0.25, 0.3) is 0 Å². The second-order valence-electron chi connectivity index (χ2n) is 3.14. The number of hydrogen-bond donors (Lipinski definition) is 1. The molecule has 1 N–H and O–H groups in total. The molecule has 0 spiro atoms. The highest BCUT2D eigenvalue weighted by Crippen LogP contribution is 2.18. The molecule has 0 bridgehead atoms. The summed E-state index contributed by atoms with van der Waals surface area (Å²) in [5, 5.41) is 11.8. The van der Waals surface area contributed by atoms with Crippen molar-refractivity contribution in [3.05, 3.63) is 54.1 Å². The minimum absolute atomic E-state index is 0.294. The van der Waals surface area contributed by atoms with E-state index in [1.807, 2.05) is 6.07 Å². The molecule has 0 fully saturated rings. The van der Waals surface area contributed by atoms with E-state index in [0.29, 0.717) is 17.1 Å². The van der Waals surface area contributed by atoms with Gasteiger partial charge in [-0.3, -0.25) is 0 Å². The van der Waals surface area contributed by atoms with Crippen LogP contribution < -0.4 is 5.32 Å². The first kappa shape index (κ1) is 10.1. The van der Waals surface area contributed by atoms with Crippen molar-refractivity contribution in [2.24, 2.45) is 0 Å². The third-order valence-corrected chi connectivity index (χ3v) is 2.04. The largest absolute Gasteiger partial charge is 0.353 e. The van der Waals surface area contributed by atoms with Gasteiger partial charge in [-0.25, -0.2) is 9.37 Å². The van der Waals surface area contributed by atoms with E-state index in [9.17, 15) is 4.39 Å². The van der Waals surface area contributed by atoms with Crippen molar-refractivity contribution in [2.75, 3.05) is 5.32 Å². The normalized spacial score (nSPS) is 9.50. The fourth-order valence-corrected chi connectivity index (χ4v) is 1.28. The molecule has 0 aliphatic heterocycles. The monoisotopic (exact) mass is 213 g/mol. The lowest BCUT2D eigenvalue weighted by Crippen LogP contribution is -1.95. The molecule has 1 aromatic carbocycles. The van der Waals surface area contributed by atoms with E-state index < -0.39 is 0 Å². The highest BCUT2D eigenvalue weighted by atomic mass is 19.1. The van der Waals surface area contributed by atoms with Gasteiger partial charge in [0, 0.05) is 11.9 Å². The zero-order chi connectivity index (χ0) is 11.4. The fraction of sp³-hybridized carbons (Fsp3) is 0. The summed E-state index contributed by atoms with van der Waals surface area (Å²) in [4.78, 5) is 3.91. The van der Waals surface area contributed by atoms with E-state index in [-0.39, 0.29) is 5.82 Å². The third-order valence-electron chi connectivity index (χ3n) is 2.04. The van der Waals surface area contributed by atoms with Gasteiger partial charge in [-0.15, -0.1) is 0 Å². The Morgan fingerprint density at radius 3 is 2.62 bits per heavy atom. The Hall–Kier alpha value is -2.41. The molecule has 0 atom stereocenters. The number of hydrogen-bond acceptors (Lipinski definition) is 3. The van der Waals surface area contributed by atoms with Gasteiger partial charge in [0.1, 0.15) is 11.9 Å². The smallest absolute Gasteiger partial charge is 0.163 e. The van der Waals surface area contributed by atoms with Gasteiger partial charge in [-0.1, -0.05) is 0 Å². The Bertz CT molecular complexity index is 529. The number of benzene rings is 1. The minimum Gasteiger partial charge on any atom is -0.353 e. The summed E-state index contributed by atoms with van der Waals surface area (Å²) in [6, 6.07) is 11.4. The van der Waals surface area contributed by atoms with Crippen LogP contribution in [0.15, 0.2) is 42.6 Å². The van der Waals surface area contributed by atoms with Gasteiger partial charge in [-0.2, -0.15) is 5.26 Å². The van der Waals surface area contributed by atoms with Crippen LogP contribution in [-0.2, 0) is 0 Å². The zero-order valence-electron chi connectivity index (χ0n) is 8.31. The molecule has 0 unspecified atom stereocenters. The van der Waals surface area contributed by atoms with Crippen LogP contribution in [0.2, 0.25) is 0 Å². The van der Waals surface area contributed by atoms with Crippen molar-refractivity contribution >= 4 is 11.4 Å². The van der Waals surface area contributed by atoms with Crippen LogP contribution in [0, 0.1) is 17.1 Å². The number of nitriles is 1. The van der Waals surface area contributed by atoms with E-state index in [1.165, 1.54) is 12.1 Å². The molecule has 0 radical (unpaired) electrons. The molecule has 3 nitrogen and oxygen atoms in total. The molecular weight excluding hydrogens is 205 g/mol. The highest BCUT2D eigenvalue weighted by molar-refractivity contribution is 5.64. The van der Waals surface area contributed by atoms with Crippen molar-refractivity contribution in [1.29, 1.82) is 5.26 Å². The van der Waals surface area contributed by atoms with Crippen LogP contribution >= 0.6 is 0 Å². The summed E-state index contributed by atoms with van der Waals surface area (Å²) in [5.74, 6) is -0.294. The fourth-order valence-electron chi connectivity index (χ4n) is 1.28. The lowest BCUT2D eigenvalue weighted by atomic mass is 10.2. The lowest BCUT2D eigenvalue weighted by Gasteiger charge is -2.06. The maximum atomic E-state index is 12.7. The predicted molar refractivity (Wildman–Crippen MR) is 58.6 cm³/mol. The van der Waals surface area contributed by atoms with Crippen LogP contribution in [0.1, 0.15) is 5.69 Å². The molecular formula is C12H8FN3. The highest BCUT2D eigenvalue weighted by Gasteiger charge is 2.02. The summed E-state index contributed by atoms with van der Waals surface area (Å²) >= 11 is 0. The Balaban J connectivity index is 2.27. The summed E-state index contributed by atoms with van der Waals surface area (Å²) < 4.78 is 12.7. The van der Waals surface area contributed by atoms with Crippen LogP contribution in [0.3, 0.4) is 0 Å². The van der Waals surface area contributed by atoms with Crippen molar-refractivity contribution in [1.82, 2.24) is 4.98 Å². The average molecular weight is 213 g/mol. The van der Waals surface area contributed by atoms with Gasteiger partial charge in [0.15, 0.2) is 5.69 Å². The first-order valence-corrected chi connectivity index (χ1v) is 4.67. The molecule has 4 heteroatoms. The zero-order valence-corrected chi connectivity index (χ0v) is 8.31. The molecule has 0 amide bonds. The van der Waals surface area contributed by atoms with Gasteiger partial charge >= 0.3 is 0 Å². The SMILES string of the molecule is N#Cc1ncccc1Nc1ccc(F)cc1. The Kier molecular flexibility index (Phi) is 2.79. The predicted octanol–water partition coefficient (Wildman–Crippen LogP) is 2.84. The maximum Gasteiger partial charge on any atom is 0.163 e. The van der Waals surface area contributed by atoms with Gasteiger partial charge in [0.05, 0.1) is 5.69 Å². The van der Waals surface area contributed by atoms with E-state index in [0.717, 1.165) is 0 Å². The van der Waals surface area contributed by atoms with Gasteiger partial charge < -0.3 is 5.32 Å². The molecule has 0 saturated heterocycles. The average Bonchev–Trinajstić information content (AvgIpc) is 2.33. The minimum atomic E-state index is -0.294. The molecule has 1 heterocycles. The van der Waals surface area contributed by atoms with Crippen molar-refractivity contribution in [3.8, 4) is 6.07 Å². The molecule has 78 valence electrons. The third kappa shape index (κ3) is 2.15. The number of nitrogens with one attached hydrogen (secondary N) is 1. The summed E-state index contributed by atoms with van der Waals surface area (Å²) in [6.45, 7) is 0. The van der Waals surface area contributed by atoms with E-state index in [1.54, 1.807) is 30.5 Å². The van der Waals surface area contributed by atoms with Crippen molar-refractivity contribution in [2.45, 2.75) is 0 Å². The van der Waals surface area contributed by atoms with Crippen LogP contribution in [0.5, 0.6) is 0 Å². The van der Waals surface area contributed by atoms with Gasteiger partial charge in [0.2, 0.25) is 0 Å². The molecule has 0 aliphatic rings. The second kappa shape index (κ2) is 4.41. The van der Waals surface area contributed by atoms with Gasteiger partial charge in [-0.05, 0) is 36.4 Å². The Morgan fingerprint density at radius 1 is 1.19 bits per heavy atom. The first-order chi connectivity index (χ1) is 7.79. The quantitative estimate of drug-likeness (QED) is 0.834. The molecule has 0 aliphatic carbocycles. The molecule has 1 aromatic heterocycles. The van der Waals surface area contributed by atoms with E-state index >= 15 is 0 Å². The van der Waals surface area contributed by atoms with Crippen molar-refractivity contribution in [3.63, 3.8) is 0 Å². The lowest BCUT2D eigenvalue weighted by molar-refractivity contribution is 0.628. The van der Waals surface area contributed by atoms with Crippen LogP contribution in [-0.4, -0.2) is 4.98 Å². The summed E-state index contributed by atoms with van der Waals surface area (Å²) in [5.41, 5.74) is 1.63. The Labute approximate surface area is 92.2 Å². The second-order valence-corrected chi connectivity index (χ2v) is 3.14. The number of aromatic nitrogens is 1. The summed E-state index contributed by atoms with van der Waals surface area (Å²) in [6.07, 6.45) is 1.55. The summed E-state index contributed by atoms with van der Waals surface area (Å²) in [7, 11) is 0. The molecule has 16 heavy (non-hydrogen) atoms. The molecule has 0 saturated carbocycles. The van der Waals surface area contributed by atoms with Crippen LogP contribution in [0.4, 0.5) is 15.8 Å². The maximum absolute atomic E-state index is 12.7. The molecule has 2 aromatic rings. The number of halogens is 1. The number of nitrogens with zero attached hydrogens (tertiary/aromatic N) is 2. The first-order valence-electron chi connectivity index (χ1n) is 4.67. The van der Waals surface area contributed by atoms with Crippen molar-refractivity contribution < 1.29 is 4.39 Å². The van der Waals surface area contributed by atoms with E-state index in [4.69, 9.17) is 5.26 Å². The standard InChI is InChI=1S/C12H8FN3/c13-9-3-5-10(6-4-9)16-11-2-1-7-15-12(11)8-14/h1-7,16H. The Morgan fingerprint density at radius 2 is 1.94 bits per heavy atom. The number of pyridine rings is 1. The number of anilines is 2. The van der Waals surface area contributed by atoms with Gasteiger partial charge in [0.25, 0.3) is 0 Å². The van der Waals surface area contributed by atoms with E-state index in [2.05, 4.69) is 10.3 Å². The molecule has 2 rings (SSSR count). The topological polar surface area (TPSA) is 48.7 Å².